The first-order chi connectivity index (χ1) is 7.33. The fourth-order valence-corrected chi connectivity index (χ4v) is 2.96. The van der Waals surface area contributed by atoms with Crippen molar-refractivity contribution in [3.63, 3.8) is 0 Å². The van der Waals surface area contributed by atoms with Gasteiger partial charge in [-0.2, -0.15) is 0 Å². The lowest BCUT2D eigenvalue weighted by atomic mass is 10.2. The molecule has 2 fully saturated rings. The zero-order valence-corrected chi connectivity index (χ0v) is 10.0. The summed E-state index contributed by atoms with van der Waals surface area (Å²) in [4.78, 5) is 5.87. The molecule has 0 spiro atoms. The van der Waals surface area contributed by atoms with Gasteiger partial charge < -0.3 is 5.32 Å². The van der Waals surface area contributed by atoms with Crippen LogP contribution in [0, 0.1) is 18.8 Å². The Morgan fingerprint density at radius 3 is 2.80 bits per heavy atom. The maximum atomic E-state index is 4.53. The van der Waals surface area contributed by atoms with Gasteiger partial charge in [-0.3, -0.25) is 0 Å². The van der Waals surface area contributed by atoms with Gasteiger partial charge in [0.25, 0.3) is 0 Å². The van der Waals surface area contributed by atoms with Crippen LogP contribution in [0.25, 0.3) is 0 Å². The topological polar surface area (TPSA) is 24.9 Å². The highest BCUT2D eigenvalue weighted by Gasteiger charge is 2.35. The van der Waals surface area contributed by atoms with Crippen LogP contribution in [0.1, 0.15) is 41.6 Å². The van der Waals surface area contributed by atoms with Crippen molar-refractivity contribution >= 4 is 11.3 Å². The summed E-state index contributed by atoms with van der Waals surface area (Å²) >= 11 is 1.86. The number of aromatic nitrogens is 1. The standard InChI is InChI=1S/C12H18N2S/c1-8-6-14-12(15-8)11(10-4-5-10)13-7-9-2-3-9/h6,9-11,13H,2-5,7H2,1H3/t11-/m0/s1. The molecule has 0 radical (unpaired) electrons. The Morgan fingerprint density at radius 1 is 1.47 bits per heavy atom. The number of hydrogen-bond acceptors (Lipinski definition) is 3. The highest BCUT2D eigenvalue weighted by atomic mass is 32.1. The normalized spacial score (nSPS) is 23.0. The second-order valence-electron chi connectivity index (χ2n) is 4.98. The summed E-state index contributed by atoms with van der Waals surface area (Å²) in [6, 6.07) is 0.560. The van der Waals surface area contributed by atoms with Gasteiger partial charge in [-0.1, -0.05) is 0 Å². The Balaban J connectivity index is 1.66. The largest absolute Gasteiger partial charge is 0.307 e. The Kier molecular flexibility index (Phi) is 2.53. The van der Waals surface area contributed by atoms with Gasteiger partial charge in [0.1, 0.15) is 5.01 Å². The molecule has 1 aromatic rings. The fraction of sp³-hybridized carbons (Fsp3) is 0.750. The summed E-state index contributed by atoms with van der Waals surface area (Å²) in [6.07, 6.45) is 7.65. The molecule has 0 aromatic carbocycles. The van der Waals surface area contributed by atoms with Crippen LogP contribution in [-0.4, -0.2) is 11.5 Å². The fourth-order valence-electron chi connectivity index (χ4n) is 2.02. The summed E-state index contributed by atoms with van der Waals surface area (Å²) < 4.78 is 0. The molecule has 0 bridgehead atoms. The molecule has 1 atom stereocenters. The quantitative estimate of drug-likeness (QED) is 0.828. The molecule has 2 nitrogen and oxygen atoms in total. The van der Waals surface area contributed by atoms with Gasteiger partial charge in [0.2, 0.25) is 0 Å². The van der Waals surface area contributed by atoms with Crippen LogP contribution in [0.15, 0.2) is 6.20 Å². The number of nitrogens with one attached hydrogen (secondary N) is 1. The molecule has 1 heterocycles. The van der Waals surface area contributed by atoms with Crippen LogP contribution >= 0.6 is 11.3 Å². The monoisotopic (exact) mass is 222 g/mol. The maximum absolute atomic E-state index is 4.53. The number of rotatable bonds is 5. The lowest BCUT2D eigenvalue weighted by Gasteiger charge is -2.15. The lowest BCUT2D eigenvalue weighted by molar-refractivity contribution is 0.467. The van der Waals surface area contributed by atoms with Crippen LogP contribution in [0.2, 0.25) is 0 Å². The summed E-state index contributed by atoms with van der Waals surface area (Å²) in [5.41, 5.74) is 0. The number of aryl methyl sites for hydroxylation is 1. The van der Waals surface area contributed by atoms with E-state index in [-0.39, 0.29) is 0 Å². The predicted molar refractivity (Wildman–Crippen MR) is 63.0 cm³/mol. The molecule has 15 heavy (non-hydrogen) atoms. The summed E-state index contributed by atoms with van der Waals surface area (Å²) in [5, 5.41) is 5.04. The van der Waals surface area contributed by atoms with Crippen molar-refractivity contribution < 1.29 is 0 Å². The van der Waals surface area contributed by atoms with Crippen molar-refractivity contribution in [1.29, 1.82) is 0 Å². The molecule has 2 aliphatic carbocycles. The molecule has 2 saturated carbocycles. The number of thiazole rings is 1. The van der Waals surface area contributed by atoms with Crippen LogP contribution in [0.5, 0.6) is 0 Å². The molecule has 2 aliphatic rings. The van der Waals surface area contributed by atoms with E-state index < -0.39 is 0 Å². The summed E-state index contributed by atoms with van der Waals surface area (Å²) in [7, 11) is 0. The van der Waals surface area contributed by atoms with Crippen molar-refractivity contribution in [3.8, 4) is 0 Å². The molecule has 3 rings (SSSR count). The molecular formula is C12H18N2S. The first-order valence-electron chi connectivity index (χ1n) is 5.98. The molecule has 3 heteroatoms. The Bertz CT molecular complexity index is 339. The third-order valence-electron chi connectivity index (χ3n) is 3.32. The van der Waals surface area contributed by atoms with E-state index in [4.69, 9.17) is 0 Å². The van der Waals surface area contributed by atoms with Crippen molar-refractivity contribution in [2.45, 2.75) is 38.6 Å². The van der Waals surface area contributed by atoms with Gasteiger partial charge in [0, 0.05) is 11.1 Å². The van der Waals surface area contributed by atoms with E-state index in [1.807, 2.05) is 17.5 Å². The average Bonchev–Trinajstić information content (AvgIpc) is 3.09. The van der Waals surface area contributed by atoms with Crippen LogP contribution in [-0.2, 0) is 0 Å². The van der Waals surface area contributed by atoms with Gasteiger partial charge in [-0.15, -0.1) is 11.3 Å². The van der Waals surface area contributed by atoms with Gasteiger partial charge in [0.15, 0.2) is 0 Å². The van der Waals surface area contributed by atoms with E-state index in [1.165, 1.54) is 42.1 Å². The smallest absolute Gasteiger partial charge is 0.110 e. The first kappa shape index (κ1) is 9.79. The summed E-state index contributed by atoms with van der Waals surface area (Å²) in [5.74, 6) is 1.83. The first-order valence-corrected chi connectivity index (χ1v) is 6.80. The molecule has 0 amide bonds. The predicted octanol–water partition coefficient (Wildman–Crippen LogP) is 2.90. The second kappa shape index (κ2) is 3.87. The van der Waals surface area contributed by atoms with Crippen LogP contribution < -0.4 is 5.32 Å². The number of hydrogen-bond donors (Lipinski definition) is 1. The van der Waals surface area contributed by atoms with Gasteiger partial charge in [0.05, 0.1) is 6.04 Å². The molecule has 0 aliphatic heterocycles. The second-order valence-corrected chi connectivity index (χ2v) is 6.24. The van der Waals surface area contributed by atoms with Gasteiger partial charge in [-0.05, 0) is 51.0 Å². The maximum Gasteiger partial charge on any atom is 0.110 e. The van der Waals surface area contributed by atoms with Crippen LogP contribution in [0.3, 0.4) is 0 Å². The SMILES string of the molecule is Cc1cnc([C@@H](NCC2CC2)C2CC2)s1. The third kappa shape index (κ3) is 2.40. The molecule has 1 N–H and O–H groups in total. The van der Waals surface area contributed by atoms with E-state index in [9.17, 15) is 0 Å². The van der Waals surface area contributed by atoms with E-state index in [2.05, 4.69) is 17.2 Å². The van der Waals surface area contributed by atoms with Crippen molar-refractivity contribution in [3.05, 3.63) is 16.1 Å². The Labute approximate surface area is 95.1 Å². The lowest BCUT2D eigenvalue weighted by Crippen LogP contribution is -2.25. The molecule has 0 unspecified atom stereocenters. The van der Waals surface area contributed by atoms with E-state index in [1.54, 1.807) is 0 Å². The minimum Gasteiger partial charge on any atom is -0.307 e. The highest BCUT2D eigenvalue weighted by Crippen LogP contribution is 2.42. The van der Waals surface area contributed by atoms with Crippen molar-refractivity contribution in [2.24, 2.45) is 11.8 Å². The van der Waals surface area contributed by atoms with Crippen molar-refractivity contribution in [1.82, 2.24) is 10.3 Å². The average molecular weight is 222 g/mol. The Hall–Kier alpha value is -0.410. The van der Waals surface area contributed by atoms with E-state index in [0.717, 1.165) is 11.8 Å². The van der Waals surface area contributed by atoms with Gasteiger partial charge in [-0.25, -0.2) is 4.98 Å². The van der Waals surface area contributed by atoms with E-state index >= 15 is 0 Å². The zero-order chi connectivity index (χ0) is 10.3. The zero-order valence-electron chi connectivity index (χ0n) is 9.20. The minimum atomic E-state index is 0.560. The molecule has 1 aromatic heterocycles. The van der Waals surface area contributed by atoms with Gasteiger partial charge >= 0.3 is 0 Å². The Morgan fingerprint density at radius 2 is 2.27 bits per heavy atom. The number of nitrogens with zero attached hydrogens (tertiary/aromatic N) is 1. The molecule has 0 saturated heterocycles. The molecule has 82 valence electrons. The molecular weight excluding hydrogens is 204 g/mol. The van der Waals surface area contributed by atoms with Crippen molar-refractivity contribution in [2.75, 3.05) is 6.54 Å². The van der Waals surface area contributed by atoms with E-state index in [0.29, 0.717) is 6.04 Å². The minimum absolute atomic E-state index is 0.560. The third-order valence-corrected chi connectivity index (χ3v) is 4.32. The highest BCUT2D eigenvalue weighted by molar-refractivity contribution is 7.11. The summed E-state index contributed by atoms with van der Waals surface area (Å²) in [6.45, 7) is 3.35. The van der Waals surface area contributed by atoms with Crippen LogP contribution in [0.4, 0.5) is 0 Å².